The fraction of sp³-hybridized carbons (Fsp3) is 0. The number of hydrogen-bond acceptors (Lipinski definition) is 3. The molecule has 3 rings (SSSR count). The number of halogens is 1. The lowest BCUT2D eigenvalue weighted by Crippen LogP contribution is -2.41. The van der Waals surface area contributed by atoms with Crippen LogP contribution in [0.15, 0.2) is 65.1 Å². The van der Waals surface area contributed by atoms with Crippen LogP contribution >= 0.6 is 15.9 Å². The number of hydrazine groups is 1. The second-order valence-electron chi connectivity index (χ2n) is 5.13. The first-order valence-electron chi connectivity index (χ1n) is 7.12. The number of carbonyl (C=O) groups excluding carboxylic acids is 2. The molecule has 0 saturated carbocycles. The number of phenols is 1. The highest BCUT2D eigenvalue weighted by atomic mass is 79.9. The first-order chi connectivity index (χ1) is 11.5. The molecular formula is C18H13BrN2O3. The lowest BCUT2D eigenvalue weighted by atomic mass is 10.1. The van der Waals surface area contributed by atoms with Crippen LogP contribution in [-0.2, 0) is 0 Å². The van der Waals surface area contributed by atoms with Crippen LogP contribution in [0.25, 0.3) is 10.8 Å². The van der Waals surface area contributed by atoms with Crippen molar-refractivity contribution in [1.29, 1.82) is 0 Å². The van der Waals surface area contributed by atoms with Crippen LogP contribution in [0.2, 0.25) is 0 Å². The SMILES string of the molecule is O=C(NNC(=O)c1cc2ccccc2cc1O)c1ccc(Br)cc1. The van der Waals surface area contributed by atoms with E-state index < -0.39 is 11.8 Å². The molecule has 0 radical (unpaired) electrons. The normalized spacial score (nSPS) is 10.4. The molecule has 0 aliphatic rings. The van der Waals surface area contributed by atoms with Gasteiger partial charge in [-0.1, -0.05) is 40.2 Å². The molecule has 0 bridgehead atoms. The minimum Gasteiger partial charge on any atom is -0.507 e. The summed E-state index contributed by atoms with van der Waals surface area (Å²) in [4.78, 5) is 24.2. The topological polar surface area (TPSA) is 78.4 Å². The molecular weight excluding hydrogens is 372 g/mol. The third-order valence-electron chi connectivity index (χ3n) is 3.50. The molecule has 3 N–H and O–H groups in total. The van der Waals surface area contributed by atoms with Gasteiger partial charge in [-0.25, -0.2) is 0 Å². The number of amides is 2. The molecule has 24 heavy (non-hydrogen) atoms. The number of aromatic hydroxyl groups is 1. The van der Waals surface area contributed by atoms with E-state index in [4.69, 9.17) is 0 Å². The zero-order chi connectivity index (χ0) is 17.1. The van der Waals surface area contributed by atoms with Gasteiger partial charge >= 0.3 is 0 Å². The van der Waals surface area contributed by atoms with Crippen molar-refractivity contribution >= 4 is 38.5 Å². The summed E-state index contributed by atoms with van der Waals surface area (Å²) < 4.78 is 0.851. The van der Waals surface area contributed by atoms with Crippen LogP contribution in [0.4, 0.5) is 0 Å². The summed E-state index contributed by atoms with van der Waals surface area (Å²) in [5.41, 5.74) is 5.13. The smallest absolute Gasteiger partial charge is 0.273 e. The minimum absolute atomic E-state index is 0.0878. The van der Waals surface area contributed by atoms with Crippen molar-refractivity contribution in [1.82, 2.24) is 10.9 Å². The fourth-order valence-electron chi connectivity index (χ4n) is 2.26. The molecule has 0 spiro atoms. The Balaban J connectivity index is 1.74. The molecule has 0 saturated heterocycles. The predicted octanol–water partition coefficient (Wildman–Crippen LogP) is 3.38. The van der Waals surface area contributed by atoms with Gasteiger partial charge in [-0.15, -0.1) is 0 Å². The van der Waals surface area contributed by atoms with Crippen molar-refractivity contribution in [3.05, 3.63) is 76.3 Å². The largest absolute Gasteiger partial charge is 0.507 e. The number of phenolic OH excluding ortho intramolecular Hbond substituents is 1. The number of carbonyl (C=O) groups is 2. The monoisotopic (exact) mass is 384 g/mol. The van der Waals surface area contributed by atoms with E-state index in [0.29, 0.717) is 5.56 Å². The highest BCUT2D eigenvalue weighted by molar-refractivity contribution is 9.10. The van der Waals surface area contributed by atoms with Gasteiger partial charge in [0, 0.05) is 10.0 Å². The summed E-state index contributed by atoms with van der Waals surface area (Å²) in [6.07, 6.45) is 0. The van der Waals surface area contributed by atoms with Gasteiger partial charge in [-0.05, 0) is 47.2 Å². The van der Waals surface area contributed by atoms with Crippen molar-refractivity contribution in [3.8, 4) is 5.75 Å². The van der Waals surface area contributed by atoms with E-state index in [-0.39, 0.29) is 11.3 Å². The molecule has 3 aromatic carbocycles. The van der Waals surface area contributed by atoms with E-state index in [1.807, 2.05) is 24.3 Å². The van der Waals surface area contributed by atoms with Crippen molar-refractivity contribution in [3.63, 3.8) is 0 Å². The molecule has 0 aliphatic heterocycles. The molecule has 0 heterocycles. The number of nitrogens with one attached hydrogen (secondary N) is 2. The van der Waals surface area contributed by atoms with E-state index >= 15 is 0 Å². The van der Waals surface area contributed by atoms with Crippen LogP contribution < -0.4 is 10.9 Å². The van der Waals surface area contributed by atoms with Gasteiger partial charge in [0.2, 0.25) is 0 Å². The van der Waals surface area contributed by atoms with Crippen LogP contribution in [0.5, 0.6) is 5.75 Å². The molecule has 3 aromatic rings. The first-order valence-corrected chi connectivity index (χ1v) is 7.92. The van der Waals surface area contributed by atoms with Gasteiger partial charge in [0.1, 0.15) is 5.75 Å². The maximum Gasteiger partial charge on any atom is 0.273 e. The average molecular weight is 385 g/mol. The zero-order valence-corrected chi connectivity index (χ0v) is 14.0. The van der Waals surface area contributed by atoms with Crippen LogP contribution in [0.1, 0.15) is 20.7 Å². The van der Waals surface area contributed by atoms with Gasteiger partial charge in [0.05, 0.1) is 5.56 Å². The number of rotatable bonds is 2. The molecule has 0 atom stereocenters. The fourth-order valence-corrected chi connectivity index (χ4v) is 2.53. The molecule has 0 fully saturated rings. The molecule has 0 aliphatic carbocycles. The lowest BCUT2D eigenvalue weighted by Gasteiger charge is -2.10. The van der Waals surface area contributed by atoms with Gasteiger partial charge in [0.15, 0.2) is 0 Å². The van der Waals surface area contributed by atoms with Crippen molar-refractivity contribution in [2.75, 3.05) is 0 Å². The van der Waals surface area contributed by atoms with Crippen LogP contribution in [0, 0.1) is 0 Å². The van der Waals surface area contributed by atoms with Crippen molar-refractivity contribution < 1.29 is 14.7 Å². The predicted molar refractivity (Wildman–Crippen MR) is 94.7 cm³/mol. The number of benzene rings is 3. The van der Waals surface area contributed by atoms with Gasteiger partial charge in [-0.3, -0.25) is 20.4 Å². The molecule has 0 aromatic heterocycles. The van der Waals surface area contributed by atoms with Crippen LogP contribution in [-0.4, -0.2) is 16.9 Å². The van der Waals surface area contributed by atoms with E-state index in [1.165, 1.54) is 6.07 Å². The van der Waals surface area contributed by atoms with E-state index in [2.05, 4.69) is 26.8 Å². The Hall–Kier alpha value is -2.86. The summed E-state index contributed by atoms with van der Waals surface area (Å²) in [5, 5.41) is 11.7. The standard InChI is InChI=1S/C18H13BrN2O3/c19-14-7-5-11(6-8-14)17(23)20-21-18(24)15-9-12-3-1-2-4-13(12)10-16(15)22/h1-10,22H,(H,20,23)(H,21,24). The Morgan fingerprint density at radius 1 is 0.833 bits per heavy atom. The van der Waals surface area contributed by atoms with E-state index in [1.54, 1.807) is 30.3 Å². The summed E-state index contributed by atoms with van der Waals surface area (Å²) in [7, 11) is 0. The highest BCUT2D eigenvalue weighted by Gasteiger charge is 2.14. The third kappa shape index (κ3) is 3.38. The van der Waals surface area contributed by atoms with Gasteiger partial charge < -0.3 is 5.11 Å². The van der Waals surface area contributed by atoms with E-state index in [0.717, 1.165) is 15.2 Å². The number of fused-ring (bicyclic) bond motifs is 1. The maximum absolute atomic E-state index is 12.2. The Kier molecular flexibility index (Phi) is 4.48. The second-order valence-corrected chi connectivity index (χ2v) is 6.05. The number of hydrogen-bond donors (Lipinski definition) is 3. The Morgan fingerprint density at radius 3 is 2.08 bits per heavy atom. The Morgan fingerprint density at radius 2 is 1.42 bits per heavy atom. The Labute approximate surface area is 146 Å². The molecule has 0 unspecified atom stereocenters. The molecule has 2 amide bonds. The Bertz CT molecular complexity index is 923. The van der Waals surface area contributed by atoms with Gasteiger partial charge in [0.25, 0.3) is 11.8 Å². The van der Waals surface area contributed by atoms with Crippen molar-refractivity contribution in [2.24, 2.45) is 0 Å². The maximum atomic E-state index is 12.2. The van der Waals surface area contributed by atoms with E-state index in [9.17, 15) is 14.7 Å². The second kappa shape index (κ2) is 6.72. The van der Waals surface area contributed by atoms with Gasteiger partial charge in [-0.2, -0.15) is 0 Å². The summed E-state index contributed by atoms with van der Waals surface area (Å²) in [6.45, 7) is 0. The third-order valence-corrected chi connectivity index (χ3v) is 4.03. The summed E-state index contributed by atoms with van der Waals surface area (Å²) in [5.74, 6) is -1.19. The minimum atomic E-state index is -0.594. The quantitative estimate of drug-likeness (QED) is 0.592. The molecule has 120 valence electrons. The zero-order valence-electron chi connectivity index (χ0n) is 12.4. The van der Waals surface area contributed by atoms with Crippen molar-refractivity contribution in [2.45, 2.75) is 0 Å². The van der Waals surface area contributed by atoms with Crippen LogP contribution in [0.3, 0.4) is 0 Å². The molecule has 6 heteroatoms. The highest BCUT2D eigenvalue weighted by Crippen LogP contribution is 2.24. The summed E-state index contributed by atoms with van der Waals surface area (Å²) in [6, 6.07) is 17.2. The lowest BCUT2D eigenvalue weighted by molar-refractivity contribution is 0.0845. The summed E-state index contributed by atoms with van der Waals surface area (Å²) >= 11 is 3.29. The first kappa shape index (κ1) is 16.0. The average Bonchev–Trinajstić information content (AvgIpc) is 2.59. The molecule has 5 nitrogen and oxygen atoms in total.